The molecule has 0 bridgehead atoms. The molecule has 1 rings (SSSR count). The predicted octanol–water partition coefficient (Wildman–Crippen LogP) is 3.66. The monoisotopic (exact) mass is 234 g/mol. The lowest BCUT2D eigenvalue weighted by molar-refractivity contribution is 0.0458. The van der Waals surface area contributed by atoms with Crippen molar-refractivity contribution in [2.24, 2.45) is 5.92 Å². The van der Waals surface area contributed by atoms with E-state index in [0.717, 1.165) is 5.56 Å². The van der Waals surface area contributed by atoms with Gasteiger partial charge in [-0.15, -0.1) is 0 Å². The summed E-state index contributed by atoms with van der Waals surface area (Å²) in [7, 11) is 1.59. The first-order valence-corrected chi connectivity index (χ1v) is 6.14. The summed E-state index contributed by atoms with van der Waals surface area (Å²) in [6, 6.07) is 7.83. The highest BCUT2D eigenvalue weighted by atomic mass is 16.5. The molecule has 1 atom stereocenters. The van der Waals surface area contributed by atoms with E-state index < -0.39 is 0 Å². The average Bonchev–Trinajstić information content (AvgIpc) is 2.29. The summed E-state index contributed by atoms with van der Waals surface area (Å²) in [6.45, 7) is 8.27. The van der Waals surface area contributed by atoms with Gasteiger partial charge in [0, 0.05) is 12.7 Å². The number of ketones is 1. The Kier molecular flexibility index (Phi) is 4.88. The van der Waals surface area contributed by atoms with Crippen LogP contribution in [0.5, 0.6) is 0 Å². The molecule has 0 saturated carbocycles. The molecule has 2 nitrogen and oxygen atoms in total. The summed E-state index contributed by atoms with van der Waals surface area (Å²) in [5.74, 6) is 0.748. The average molecular weight is 234 g/mol. The Morgan fingerprint density at radius 2 is 1.59 bits per heavy atom. The van der Waals surface area contributed by atoms with Crippen LogP contribution in [-0.4, -0.2) is 19.0 Å². The number of carbonyl (C=O) groups is 1. The topological polar surface area (TPSA) is 26.3 Å². The lowest BCUT2D eigenvalue weighted by atomic mass is 9.95. The van der Waals surface area contributed by atoms with Gasteiger partial charge < -0.3 is 4.74 Å². The number of carbonyl (C=O) groups excluding carboxylic acids is 1. The van der Waals surface area contributed by atoms with Crippen molar-refractivity contribution in [3.63, 3.8) is 0 Å². The molecule has 0 radical (unpaired) electrons. The maximum Gasteiger partial charge on any atom is 0.191 e. The van der Waals surface area contributed by atoms with Crippen LogP contribution in [0.2, 0.25) is 0 Å². The molecule has 0 aliphatic heterocycles. The van der Waals surface area contributed by atoms with Crippen LogP contribution in [0, 0.1) is 5.92 Å². The van der Waals surface area contributed by atoms with Gasteiger partial charge in [0.1, 0.15) is 6.10 Å². The number of ether oxygens (including phenoxy) is 1. The van der Waals surface area contributed by atoms with Crippen molar-refractivity contribution in [1.82, 2.24) is 0 Å². The van der Waals surface area contributed by atoms with E-state index in [1.807, 2.05) is 38.1 Å². The molecule has 0 N–H and O–H groups in total. The van der Waals surface area contributed by atoms with E-state index >= 15 is 0 Å². The third-order valence-electron chi connectivity index (χ3n) is 2.98. The quantitative estimate of drug-likeness (QED) is 0.727. The molecule has 94 valence electrons. The number of Topliss-reactive ketones (excluding diaryl/α,β-unsaturated/α-hetero) is 1. The van der Waals surface area contributed by atoms with Gasteiger partial charge >= 0.3 is 0 Å². The first-order valence-electron chi connectivity index (χ1n) is 6.14. The molecular weight excluding hydrogens is 212 g/mol. The Hall–Kier alpha value is -1.15. The molecule has 2 heteroatoms. The standard InChI is InChI=1S/C15H22O2/c1-10(2)12-6-8-13(9-7-12)14(16)15(17-5)11(3)4/h6-11,15H,1-5H3. The Labute approximate surface area is 104 Å². The van der Waals surface area contributed by atoms with Gasteiger partial charge in [0.05, 0.1) is 0 Å². The molecule has 0 aromatic heterocycles. The van der Waals surface area contributed by atoms with Crippen LogP contribution in [-0.2, 0) is 4.74 Å². The van der Waals surface area contributed by atoms with Gasteiger partial charge in [-0.3, -0.25) is 4.79 Å². The van der Waals surface area contributed by atoms with Crippen molar-refractivity contribution in [1.29, 1.82) is 0 Å². The van der Waals surface area contributed by atoms with E-state index in [2.05, 4.69) is 13.8 Å². The minimum Gasteiger partial charge on any atom is -0.373 e. The SMILES string of the molecule is COC(C(=O)c1ccc(C(C)C)cc1)C(C)C. The molecule has 0 saturated heterocycles. The van der Waals surface area contributed by atoms with Gasteiger partial charge in [0.15, 0.2) is 5.78 Å². The lowest BCUT2D eigenvalue weighted by Gasteiger charge is -2.18. The zero-order chi connectivity index (χ0) is 13.0. The number of methoxy groups -OCH3 is 1. The first kappa shape index (κ1) is 13.9. The molecule has 0 aliphatic carbocycles. The third-order valence-corrected chi connectivity index (χ3v) is 2.98. The highest BCUT2D eigenvalue weighted by molar-refractivity contribution is 5.99. The van der Waals surface area contributed by atoms with Gasteiger partial charge in [-0.2, -0.15) is 0 Å². The fraction of sp³-hybridized carbons (Fsp3) is 0.533. The van der Waals surface area contributed by atoms with Crippen LogP contribution in [0.4, 0.5) is 0 Å². The maximum absolute atomic E-state index is 12.2. The second kappa shape index (κ2) is 5.97. The number of rotatable bonds is 5. The maximum atomic E-state index is 12.2. The summed E-state index contributed by atoms with van der Waals surface area (Å²) < 4.78 is 5.26. The lowest BCUT2D eigenvalue weighted by Crippen LogP contribution is -2.28. The van der Waals surface area contributed by atoms with Crippen LogP contribution < -0.4 is 0 Å². The molecule has 17 heavy (non-hydrogen) atoms. The van der Waals surface area contributed by atoms with Crippen LogP contribution in [0.15, 0.2) is 24.3 Å². The zero-order valence-corrected chi connectivity index (χ0v) is 11.4. The fourth-order valence-corrected chi connectivity index (χ4v) is 1.88. The van der Waals surface area contributed by atoms with Crippen molar-refractivity contribution in [2.45, 2.75) is 39.7 Å². The van der Waals surface area contributed by atoms with E-state index in [-0.39, 0.29) is 17.8 Å². The highest BCUT2D eigenvalue weighted by Gasteiger charge is 2.22. The normalized spacial score (nSPS) is 13.1. The van der Waals surface area contributed by atoms with E-state index in [1.165, 1.54) is 5.56 Å². The van der Waals surface area contributed by atoms with Gasteiger partial charge in [-0.25, -0.2) is 0 Å². The molecular formula is C15H22O2. The molecule has 0 aliphatic rings. The van der Waals surface area contributed by atoms with Crippen molar-refractivity contribution >= 4 is 5.78 Å². The minimum absolute atomic E-state index is 0.0674. The molecule has 0 amide bonds. The Morgan fingerprint density at radius 1 is 1.06 bits per heavy atom. The summed E-state index contributed by atoms with van der Waals surface area (Å²) in [5, 5.41) is 0. The van der Waals surface area contributed by atoms with Gasteiger partial charge in [-0.05, 0) is 17.4 Å². The third kappa shape index (κ3) is 3.40. The second-order valence-corrected chi connectivity index (χ2v) is 5.04. The molecule has 1 aromatic carbocycles. The number of hydrogen-bond donors (Lipinski definition) is 0. The van der Waals surface area contributed by atoms with E-state index in [0.29, 0.717) is 5.92 Å². The molecule has 0 spiro atoms. The Morgan fingerprint density at radius 3 is 1.94 bits per heavy atom. The van der Waals surface area contributed by atoms with E-state index in [9.17, 15) is 4.79 Å². The van der Waals surface area contributed by atoms with Gasteiger partial charge in [-0.1, -0.05) is 52.0 Å². The van der Waals surface area contributed by atoms with E-state index in [4.69, 9.17) is 4.74 Å². The van der Waals surface area contributed by atoms with Gasteiger partial charge in [0.25, 0.3) is 0 Å². The summed E-state index contributed by atoms with van der Waals surface area (Å²) in [6.07, 6.45) is -0.347. The van der Waals surface area contributed by atoms with Crippen LogP contribution in [0.3, 0.4) is 0 Å². The second-order valence-electron chi connectivity index (χ2n) is 5.04. The van der Waals surface area contributed by atoms with Crippen LogP contribution >= 0.6 is 0 Å². The Balaban J connectivity index is 2.89. The van der Waals surface area contributed by atoms with Crippen LogP contribution in [0.1, 0.15) is 49.5 Å². The predicted molar refractivity (Wildman–Crippen MR) is 70.5 cm³/mol. The Bertz CT molecular complexity index is 363. The largest absolute Gasteiger partial charge is 0.373 e. The van der Waals surface area contributed by atoms with E-state index in [1.54, 1.807) is 7.11 Å². The highest BCUT2D eigenvalue weighted by Crippen LogP contribution is 2.18. The summed E-state index contributed by atoms with van der Waals surface area (Å²) >= 11 is 0. The van der Waals surface area contributed by atoms with Crippen molar-refractivity contribution in [3.05, 3.63) is 35.4 Å². The summed E-state index contributed by atoms with van der Waals surface area (Å²) in [5.41, 5.74) is 1.98. The summed E-state index contributed by atoms with van der Waals surface area (Å²) in [4.78, 5) is 12.2. The fourth-order valence-electron chi connectivity index (χ4n) is 1.88. The molecule has 0 fully saturated rings. The zero-order valence-electron chi connectivity index (χ0n) is 11.4. The smallest absolute Gasteiger partial charge is 0.191 e. The number of benzene rings is 1. The molecule has 0 heterocycles. The minimum atomic E-state index is -0.347. The molecule has 1 unspecified atom stereocenters. The van der Waals surface area contributed by atoms with Gasteiger partial charge in [0.2, 0.25) is 0 Å². The van der Waals surface area contributed by atoms with Crippen molar-refractivity contribution < 1.29 is 9.53 Å². The van der Waals surface area contributed by atoms with Crippen molar-refractivity contribution in [3.8, 4) is 0 Å². The van der Waals surface area contributed by atoms with Crippen LogP contribution in [0.25, 0.3) is 0 Å². The first-order chi connectivity index (χ1) is 7.97. The molecule has 1 aromatic rings. The van der Waals surface area contributed by atoms with Crippen molar-refractivity contribution in [2.75, 3.05) is 7.11 Å². The number of hydrogen-bond acceptors (Lipinski definition) is 2.